The first-order chi connectivity index (χ1) is 6.52. The van der Waals surface area contributed by atoms with Gasteiger partial charge in [0.05, 0.1) is 0 Å². The minimum Gasteiger partial charge on any atom is -0.326 e. The molecule has 2 nitrogen and oxygen atoms in total. The van der Waals surface area contributed by atoms with Crippen molar-refractivity contribution >= 4 is 11.6 Å². The maximum absolute atomic E-state index is 5.93. The van der Waals surface area contributed by atoms with Crippen molar-refractivity contribution in [1.82, 2.24) is 4.90 Å². The zero-order chi connectivity index (χ0) is 10.7. The summed E-state index contributed by atoms with van der Waals surface area (Å²) in [6.07, 6.45) is 0. The quantitative estimate of drug-likeness (QED) is 0.833. The number of nitrogens with two attached hydrogens (primary N) is 1. The zero-order valence-corrected chi connectivity index (χ0v) is 9.62. The highest BCUT2D eigenvalue weighted by Crippen LogP contribution is 2.22. The first-order valence-corrected chi connectivity index (χ1v) is 5.07. The van der Waals surface area contributed by atoms with Crippen LogP contribution in [0.5, 0.6) is 0 Å². The highest BCUT2D eigenvalue weighted by atomic mass is 35.5. The molecule has 0 aliphatic heterocycles. The Labute approximate surface area is 90.7 Å². The van der Waals surface area contributed by atoms with E-state index in [0.717, 1.165) is 5.02 Å². The van der Waals surface area contributed by atoms with Gasteiger partial charge < -0.3 is 10.6 Å². The molecule has 1 aromatic carbocycles. The summed E-state index contributed by atoms with van der Waals surface area (Å²) in [4.78, 5) is 2.12. The number of hydrogen-bond donors (Lipinski definition) is 1. The van der Waals surface area contributed by atoms with Gasteiger partial charge in [-0.1, -0.05) is 23.7 Å². The van der Waals surface area contributed by atoms with Crippen molar-refractivity contribution in [2.75, 3.05) is 14.1 Å². The van der Waals surface area contributed by atoms with E-state index in [1.54, 1.807) is 0 Å². The van der Waals surface area contributed by atoms with Crippen LogP contribution in [0.1, 0.15) is 18.5 Å². The van der Waals surface area contributed by atoms with Gasteiger partial charge in [-0.25, -0.2) is 0 Å². The summed E-state index contributed by atoms with van der Waals surface area (Å²) in [6, 6.07) is 8.19. The minimum atomic E-state index is 0.103. The highest BCUT2D eigenvalue weighted by Gasteiger charge is 2.17. The lowest BCUT2D eigenvalue weighted by Gasteiger charge is -2.28. The molecule has 1 rings (SSSR count). The predicted octanol–water partition coefficient (Wildman–Crippen LogP) is 2.29. The Hall–Kier alpha value is -0.570. The Morgan fingerprint density at radius 1 is 1.21 bits per heavy atom. The van der Waals surface area contributed by atoms with Crippen LogP contribution in [0.15, 0.2) is 24.3 Å². The Morgan fingerprint density at radius 2 is 1.71 bits per heavy atom. The summed E-state index contributed by atoms with van der Waals surface area (Å²) in [5.41, 5.74) is 7.14. The van der Waals surface area contributed by atoms with Gasteiger partial charge in [-0.05, 0) is 38.7 Å². The predicted molar refractivity (Wildman–Crippen MR) is 61.5 cm³/mol. The molecule has 0 radical (unpaired) electrons. The molecule has 0 heterocycles. The summed E-state index contributed by atoms with van der Waals surface area (Å²) in [6.45, 7) is 2.01. The maximum Gasteiger partial charge on any atom is 0.0491 e. The third kappa shape index (κ3) is 2.71. The molecule has 0 amide bonds. The summed E-state index contributed by atoms with van der Waals surface area (Å²) in [5, 5.41) is 0.760. The molecule has 0 saturated carbocycles. The fourth-order valence-electron chi connectivity index (χ4n) is 1.73. The van der Waals surface area contributed by atoms with E-state index in [-0.39, 0.29) is 12.1 Å². The van der Waals surface area contributed by atoms with Gasteiger partial charge in [0.25, 0.3) is 0 Å². The molecule has 2 N–H and O–H groups in total. The van der Waals surface area contributed by atoms with E-state index in [4.69, 9.17) is 17.3 Å². The van der Waals surface area contributed by atoms with Crippen LogP contribution in [0.3, 0.4) is 0 Å². The molecule has 0 bridgehead atoms. The topological polar surface area (TPSA) is 29.3 Å². The van der Waals surface area contributed by atoms with E-state index in [9.17, 15) is 0 Å². The lowest BCUT2D eigenvalue weighted by atomic mass is 10.0. The van der Waals surface area contributed by atoms with Gasteiger partial charge in [-0.3, -0.25) is 0 Å². The van der Waals surface area contributed by atoms with Crippen molar-refractivity contribution < 1.29 is 0 Å². The highest BCUT2D eigenvalue weighted by molar-refractivity contribution is 6.30. The van der Waals surface area contributed by atoms with Crippen LogP contribution < -0.4 is 5.73 Å². The van der Waals surface area contributed by atoms with E-state index < -0.39 is 0 Å². The second kappa shape index (κ2) is 4.78. The third-order valence-corrected chi connectivity index (χ3v) is 2.52. The molecule has 0 saturated heterocycles. The number of rotatable bonds is 3. The first-order valence-electron chi connectivity index (χ1n) is 4.70. The van der Waals surface area contributed by atoms with Gasteiger partial charge in [-0.2, -0.15) is 0 Å². The van der Waals surface area contributed by atoms with Crippen LogP contribution in [-0.4, -0.2) is 25.0 Å². The standard InChI is InChI=1S/C11H17ClN2/c1-8(13)11(14(2)3)9-4-6-10(12)7-5-9/h4-8,11H,13H2,1-3H3. The van der Waals surface area contributed by atoms with Crippen molar-refractivity contribution in [2.45, 2.75) is 19.0 Å². The Morgan fingerprint density at radius 3 is 2.07 bits per heavy atom. The molecule has 3 heteroatoms. The fourth-order valence-corrected chi connectivity index (χ4v) is 1.86. The normalized spacial score (nSPS) is 15.6. The van der Waals surface area contributed by atoms with Crippen molar-refractivity contribution in [3.63, 3.8) is 0 Å². The molecule has 2 atom stereocenters. The van der Waals surface area contributed by atoms with Crippen LogP contribution >= 0.6 is 11.6 Å². The average Bonchev–Trinajstić information content (AvgIpc) is 2.07. The Bertz CT molecular complexity index is 272. The SMILES string of the molecule is CC(N)C(c1ccc(Cl)cc1)N(C)C. The molecular weight excluding hydrogens is 196 g/mol. The maximum atomic E-state index is 5.93. The molecule has 0 aromatic heterocycles. The van der Waals surface area contributed by atoms with Crippen molar-refractivity contribution in [2.24, 2.45) is 5.73 Å². The molecule has 78 valence electrons. The van der Waals surface area contributed by atoms with Crippen LogP contribution in [0.4, 0.5) is 0 Å². The molecule has 0 aliphatic carbocycles. The van der Waals surface area contributed by atoms with E-state index in [0.29, 0.717) is 0 Å². The largest absolute Gasteiger partial charge is 0.326 e. The Balaban J connectivity index is 2.94. The van der Waals surface area contributed by atoms with E-state index in [2.05, 4.69) is 4.90 Å². The van der Waals surface area contributed by atoms with Gasteiger partial charge >= 0.3 is 0 Å². The second-order valence-corrected chi connectivity index (χ2v) is 4.26. The van der Waals surface area contributed by atoms with Crippen LogP contribution in [-0.2, 0) is 0 Å². The summed E-state index contributed by atoms with van der Waals surface area (Å²) < 4.78 is 0. The molecule has 14 heavy (non-hydrogen) atoms. The average molecular weight is 213 g/mol. The van der Waals surface area contributed by atoms with Crippen LogP contribution in [0.2, 0.25) is 5.02 Å². The van der Waals surface area contributed by atoms with Gasteiger partial charge in [0.2, 0.25) is 0 Å². The van der Waals surface area contributed by atoms with E-state index in [1.165, 1.54) is 5.56 Å². The molecule has 0 spiro atoms. The van der Waals surface area contributed by atoms with Gasteiger partial charge in [-0.15, -0.1) is 0 Å². The number of likely N-dealkylation sites (N-methyl/N-ethyl adjacent to an activating group) is 1. The lowest BCUT2D eigenvalue weighted by Crippen LogP contribution is -2.34. The van der Waals surface area contributed by atoms with Gasteiger partial charge in [0.1, 0.15) is 0 Å². The van der Waals surface area contributed by atoms with Crippen molar-refractivity contribution in [1.29, 1.82) is 0 Å². The summed E-state index contributed by atoms with van der Waals surface area (Å²) in [5.74, 6) is 0. The van der Waals surface area contributed by atoms with Crippen molar-refractivity contribution in [3.8, 4) is 0 Å². The lowest BCUT2D eigenvalue weighted by molar-refractivity contribution is 0.266. The van der Waals surface area contributed by atoms with Crippen molar-refractivity contribution in [3.05, 3.63) is 34.9 Å². The second-order valence-electron chi connectivity index (χ2n) is 3.82. The first kappa shape index (κ1) is 11.5. The molecule has 0 fully saturated rings. The number of nitrogens with zero attached hydrogens (tertiary/aromatic N) is 1. The van der Waals surface area contributed by atoms with E-state index in [1.807, 2.05) is 45.3 Å². The zero-order valence-electron chi connectivity index (χ0n) is 8.87. The van der Waals surface area contributed by atoms with Crippen LogP contribution in [0, 0.1) is 0 Å². The van der Waals surface area contributed by atoms with Crippen LogP contribution in [0.25, 0.3) is 0 Å². The molecule has 0 aliphatic rings. The molecule has 1 aromatic rings. The number of hydrogen-bond acceptors (Lipinski definition) is 2. The third-order valence-electron chi connectivity index (χ3n) is 2.27. The smallest absolute Gasteiger partial charge is 0.0491 e. The monoisotopic (exact) mass is 212 g/mol. The van der Waals surface area contributed by atoms with Gasteiger partial charge in [0.15, 0.2) is 0 Å². The summed E-state index contributed by atoms with van der Waals surface area (Å²) in [7, 11) is 4.06. The molecule has 2 unspecified atom stereocenters. The number of benzene rings is 1. The van der Waals surface area contributed by atoms with E-state index >= 15 is 0 Å². The summed E-state index contributed by atoms with van der Waals surface area (Å²) >= 11 is 5.83. The minimum absolute atomic E-state index is 0.103. The molecular formula is C11H17ClN2. The van der Waals surface area contributed by atoms with Gasteiger partial charge in [0, 0.05) is 17.1 Å². The fraction of sp³-hybridized carbons (Fsp3) is 0.455. The Kier molecular flexibility index (Phi) is 3.93. The number of halogens is 1.